The van der Waals surface area contributed by atoms with Gasteiger partial charge in [0.2, 0.25) is 11.8 Å². The average molecular weight is 315 g/mol. The van der Waals surface area contributed by atoms with Crippen LogP contribution in [0.25, 0.3) is 0 Å². The van der Waals surface area contributed by atoms with Crippen molar-refractivity contribution >= 4 is 40.7 Å². The van der Waals surface area contributed by atoms with E-state index in [0.29, 0.717) is 15.7 Å². The Hall–Kier alpha value is -1.26. The van der Waals surface area contributed by atoms with Crippen LogP contribution in [0.3, 0.4) is 0 Å². The number of hydrogen-bond acceptors (Lipinski definition) is 2. The van der Waals surface area contributed by atoms with Crippen LogP contribution in [-0.2, 0) is 9.59 Å². The highest BCUT2D eigenvalue weighted by molar-refractivity contribution is 6.36. The van der Waals surface area contributed by atoms with E-state index in [-0.39, 0.29) is 24.3 Å². The molecular weight excluding hydrogens is 299 g/mol. The highest BCUT2D eigenvalue weighted by Crippen LogP contribution is 2.31. The summed E-state index contributed by atoms with van der Waals surface area (Å²) in [6.07, 6.45) is 0.799. The normalized spacial score (nSPS) is 20.8. The molecule has 1 aromatic rings. The van der Waals surface area contributed by atoms with Crippen molar-refractivity contribution in [3.63, 3.8) is 0 Å². The van der Waals surface area contributed by atoms with Gasteiger partial charge < -0.3 is 5.32 Å². The lowest BCUT2D eigenvalue weighted by molar-refractivity contribution is -0.132. The molecule has 1 heterocycles. The summed E-state index contributed by atoms with van der Waals surface area (Å²) in [5, 5.41) is 3.62. The number of nitrogens with zero attached hydrogens (tertiary/aromatic N) is 1. The van der Waals surface area contributed by atoms with Crippen molar-refractivity contribution in [2.24, 2.45) is 5.92 Å². The molecule has 0 aliphatic carbocycles. The number of carbonyl (C=O) groups is 2. The van der Waals surface area contributed by atoms with Crippen molar-refractivity contribution in [2.75, 3.05) is 11.4 Å². The third-order valence-electron chi connectivity index (χ3n) is 3.56. The Kier molecular flexibility index (Phi) is 4.55. The SMILES string of the molecule is CCC(C)C1NC(=O)CN(c2cc(Cl)ccc2Cl)C1=O. The molecule has 20 heavy (non-hydrogen) atoms. The maximum absolute atomic E-state index is 12.5. The van der Waals surface area contributed by atoms with E-state index in [1.165, 1.54) is 4.90 Å². The van der Waals surface area contributed by atoms with Gasteiger partial charge in [0.15, 0.2) is 0 Å². The van der Waals surface area contributed by atoms with Crippen LogP contribution in [0.5, 0.6) is 0 Å². The Labute approximate surface area is 128 Å². The molecule has 1 aliphatic heterocycles. The molecule has 0 bridgehead atoms. The van der Waals surface area contributed by atoms with E-state index in [1.807, 2.05) is 13.8 Å². The van der Waals surface area contributed by atoms with Crippen molar-refractivity contribution in [1.82, 2.24) is 5.32 Å². The first kappa shape index (κ1) is 15.1. The molecule has 0 radical (unpaired) electrons. The van der Waals surface area contributed by atoms with Crippen molar-refractivity contribution in [3.05, 3.63) is 28.2 Å². The fourth-order valence-electron chi connectivity index (χ4n) is 2.19. The summed E-state index contributed by atoms with van der Waals surface area (Å²) >= 11 is 12.1. The molecule has 2 unspecified atom stereocenters. The zero-order chi connectivity index (χ0) is 14.9. The van der Waals surface area contributed by atoms with Crippen molar-refractivity contribution in [3.8, 4) is 0 Å². The maximum atomic E-state index is 12.5. The van der Waals surface area contributed by atoms with Gasteiger partial charge >= 0.3 is 0 Å². The Bertz CT molecular complexity index is 548. The van der Waals surface area contributed by atoms with Gasteiger partial charge in [-0.25, -0.2) is 0 Å². The third-order valence-corrected chi connectivity index (χ3v) is 4.12. The number of carbonyl (C=O) groups excluding carboxylic acids is 2. The fourth-order valence-corrected chi connectivity index (χ4v) is 2.57. The minimum atomic E-state index is -0.517. The van der Waals surface area contributed by atoms with Crippen molar-refractivity contribution in [2.45, 2.75) is 26.3 Å². The van der Waals surface area contributed by atoms with E-state index >= 15 is 0 Å². The minimum Gasteiger partial charge on any atom is -0.342 e. The summed E-state index contributed by atoms with van der Waals surface area (Å²) in [7, 11) is 0. The number of halogens is 2. The summed E-state index contributed by atoms with van der Waals surface area (Å²) in [5.41, 5.74) is 0.479. The van der Waals surface area contributed by atoms with Gasteiger partial charge in [0.25, 0.3) is 0 Å². The Morgan fingerprint density at radius 1 is 1.40 bits per heavy atom. The molecule has 1 N–H and O–H groups in total. The summed E-state index contributed by atoms with van der Waals surface area (Å²) in [6, 6.07) is 4.36. The van der Waals surface area contributed by atoms with Crippen LogP contribution < -0.4 is 10.2 Å². The molecule has 0 saturated carbocycles. The van der Waals surface area contributed by atoms with E-state index < -0.39 is 6.04 Å². The predicted molar refractivity (Wildman–Crippen MR) is 80.2 cm³/mol. The van der Waals surface area contributed by atoms with Crippen LogP contribution in [0.2, 0.25) is 10.0 Å². The van der Waals surface area contributed by atoms with Crippen LogP contribution in [0.15, 0.2) is 18.2 Å². The first-order valence-corrected chi connectivity index (χ1v) is 7.25. The second-order valence-electron chi connectivity index (χ2n) is 4.95. The van der Waals surface area contributed by atoms with Gasteiger partial charge in [-0.3, -0.25) is 14.5 Å². The molecule has 0 aromatic heterocycles. The molecule has 0 spiro atoms. The number of piperazine rings is 1. The highest BCUT2D eigenvalue weighted by Gasteiger charge is 2.36. The number of anilines is 1. The lowest BCUT2D eigenvalue weighted by atomic mass is 9.96. The quantitative estimate of drug-likeness (QED) is 0.932. The molecule has 108 valence electrons. The van der Waals surface area contributed by atoms with Gasteiger partial charge in [-0.2, -0.15) is 0 Å². The number of hydrogen-bond donors (Lipinski definition) is 1. The van der Waals surface area contributed by atoms with Gasteiger partial charge in [0, 0.05) is 5.02 Å². The summed E-state index contributed by atoms with van der Waals surface area (Å²) in [6.45, 7) is 3.88. The van der Waals surface area contributed by atoms with Crippen molar-refractivity contribution in [1.29, 1.82) is 0 Å². The third kappa shape index (κ3) is 2.91. The fraction of sp³-hybridized carbons (Fsp3) is 0.429. The van der Waals surface area contributed by atoms with Crippen LogP contribution in [0.4, 0.5) is 5.69 Å². The largest absolute Gasteiger partial charge is 0.342 e. The maximum Gasteiger partial charge on any atom is 0.250 e. The first-order chi connectivity index (χ1) is 9.43. The van der Waals surface area contributed by atoms with E-state index in [4.69, 9.17) is 23.2 Å². The average Bonchev–Trinajstić information content (AvgIpc) is 2.43. The smallest absolute Gasteiger partial charge is 0.250 e. The number of benzene rings is 1. The van der Waals surface area contributed by atoms with Gasteiger partial charge in [-0.1, -0.05) is 43.5 Å². The van der Waals surface area contributed by atoms with Gasteiger partial charge in [0.1, 0.15) is 12.6 Å². The molecule has 4 nitrogen and oxygen atoms in total. The number of nitrogens with one attached hydrogen (secondary N) is 1. The van der Waals surface area contributed by atoms with Crippen LogP contribution >= 0.6 is 23.2 Å². The lowest BCUT2D eigenvalue weighted by Crippen LogP contribution is -2.60. The van der Waals surface area contributed by atoms with Crippen LogP contribution in [0.1, 0.15) is 20.3 Å². The van der Waals surface area contributed by atoms with Crippen molar-refractivity contribution < 1.29 is 9.59 Å². The Morgan fingerprint density at radius 2 is 2.10 bits per heavy atom. The Balaban J connectivity index is 2.37. The summed E-state index contributed by atoms with van der Waals surface area (Å²) in [4.78, 5) is 25.8. The molecule has 1 fully saturated rings. The van der Waals surface area contributed by atoms with Gasteiger partial charge in [-0.15, -0.1) is 0 Å². The molecule has 6 heteroatoms. The van der Waals surface area contributed by atoms with E-state index in [0.717, 1.165) is 6.42 Å². The zero-order valence-electron chi connectivity index (χ0n) is 11.3. The topological polar surface area (TPSA) is 49.4 Å². The molecule has 2 amide bonds. The first-order valence-electron chi connectivity index (χ1n) is 6.49. The van der Waals surface area contributed by atoms with E-state index in [2.05, 4.69) is 5.32 Å². The second kappa shape index (κ2) is 6.02. The molecule has 2 atom stereocenters. The second-order valence-corrected chi connectivity index (χ2v) is 5.79. The van der Waals surface area contributed by atoms with Crippen LogP contribution in [-0.4, -0.2) is 24.4 Å². The number of amides is 2. The summed E-state index contributed by atoms with van der Waals surface area (Å²) in [5.74, 6) is -0.277. The molecule has 2 rings (SSSR count). The zero-order valence-corrected chi connectivity index (χ0v) is 12.8. The highest BCUT2D eigenvalue weighted by atomic mass is 35.5. The molecule has 1 saturated heterocycles. The monoisotopic (exact) mass is 314 g/mol. The Morgan fingerprint density at radius 3 is 2.75 bits per heavy atom. The lowest BCUT2D eigenvalue weighted by Gasteiger charge is -2.35. The molecular formula is C14H16Cl2N2O2. The van der Waals surface area contributed by atoms with Gasteiger partial charge in [-0.05, 0) is 24.1 Å². The standard InChI is InChI=1S/C14H16Cl2N2O2/c1-3-8(2)13-14(20)18(7-12(19)17-13)11-6-9(15)4-5-10(11)16/h4-6,8,13H,3,7H2,1-2H3,(H,17,19). The van der Waals surface area contributed by atoms with Crippen LogP contribution in [0, 0.1) is 5.92 Å². The van der Waals surface area contributed by atoms with Gasteiger partial charge in [0.05, 0.1) is 10.7 Å². The molecule has 1 aliphatic rings. The number of rotatable bonds is 3. The van der Waals surface area contributed by atoms with E-state index in [9.17, 15) is 9.59 Å². The summed E-state index contributed by atoms with van der Waals surface area (Å²) < 4.78 is 0. The predicted octanol–water partition coefficient (Wildman–Crippen LogP) is 2.87. The van der Waals surface area contributed by atoms with E-state index in [1.54, 1.807) is 18.2 Å². The molecule has 1 aromatic carbocycles. The minimum absolute atomic E-state index is 0.0359.